The van der Waals surface area contributed by atoms with E-state index in [4.69, 9.17) is 9.47 Å². The molecule has 0 rings (SSSR count). The lowest BCUT2D eigenvalue weighted by atomic mass is 10.1. The molecule has 0 aliphatic carbocycles. The van der Waals surface area contributed by atoms with Crippen molar-refractivity contribution < 1.29 is 19.1 Å². The Kier molecular flexibility index (Phi) is 5.45. The number of isothiocyanates is 1. The van der Waals surface area contributed by atoms with Crippen LogP contribution in [0.1, 0.15) is 41.0 Å². The van der Waals surface area contributed by atoms with E-state index in [2.05, 4.69) is 17.2 Å². The van der Waals surface area contributed by atoms with Gasteiger partial charge in [-0.2, -0.15) is 0 Å². The summed E-state index contributed by atoms with van der Waals surface area (Å²) in [6.07, 6.45) is -0.920. The minimum atomic E-state index is -0.991. The Morgan fingerprint density at radius 1 is 1.18 bits per heavy atom. The van der Waals surface area contributed by atoms with Gasteiger partial charge < -0.3 is 9.47 Å². The molecule has 17 heavy (non-hydrogen) atoms. The number of hydrogen-bond donors (Lipinski definition) is 0. The number of aliphatic imine (C=N–C) groups is 1. The van der Waals surface area contributed by atoms with Crippen molar-refractivity contribution in [2.75, 3.05) is 0 Å². The van der Waals surface area contributed by atoms with E-state index in [0.717, 1.165) is 0 Å². The lowest BCUT2D eigenvalue weighted by Crippen LogP contribution is -2.33. The molecule has 0 heterocycles. The van der Waals surface area contributed by atoms with E-state index in [1.165, 1.54) is 0 Å². The van der Waals surface area contributed by atoms with Crippen LogP contribution < -0.4 is 0 Å². The van der Waals surface area contributed by atoms with Gasteiger partial charge in [-0.1, -0.05) is 0 Å². The lowest BCUT2D eigenvalue weighted by molar-refractivity contribution is -0.159. The van der Waals surface area contributed by atoms with Gasteiger partial charge in [0.15, 0.2) is 0 Å². The first-order chi connectivity index (χ1) is 7.56. The maximum atomic E-state index is 11.5. The fraction of sp³-hybridized carbons (Fsp3) is 0.727. The number of rotatable bonds is 3. The highest BCUT2D eigenvalue weighted by Gasteiger charge is 2.29. The van der Waals surface area contributed by atoms with E-state index in [0.29, 0.717) is 0 Å². The van der Waals surface area contributed by atoms with Crippen molar-refractivity contribution >= 4 is 29.4 Å². The van der Waals surface area contributed by atoms with Crippen LogP contribution in [0, 0.1) is 0 Å². The summed E-state index contributed by atoms with van der Waals surface area (Å²) >= 11 is 4.27. The molecule has 5 nitrogen and oxygen atoms in total. The molecule has 0 aromatic rings. The van der Waals surface area contributed by atoms with Gasteiger partial charge in [-0.25, -0.2) is 4.79 Å². The zero-order valence-electron chi connectivity index (χ0n) is 10.7. The van der Waals surface area contributed by atoms with E-state index in [9.17, 15) is 9.59 Å². The van der Waals surface area contributed by atoms with Crippen molar-refractivity contribution in [2.24, 2.45) is 4.99 Å². The molecular formula is C11H17NO4S. The van der Waals surface area contributed by atoms with E-state index in [1.54, 1.807) is 34.6 Å². The van der Waals surface area contributed by atoms with E-state index < -0.39 is 23.3 Å². The zero-order valence-corrected chi connectivity index (χ0v) is 11.5. The molecule has 1 amide bonds. The molecule has 0 N–H and O–H groups in total. The highest BCUT2D eigenvalue weighted by atomic mass is 32.1. The van der Waals surface area contributed by atoms with Crippen LogP contribution in [0.15, 0.2) is 4.99 Å². The van der Waals surface area contributed by atoms with Crippen LogP contribution in [-0.4, -0.2) is 28.4 Å². The first kappa shape index (κ1) is 15.7. The predicted octanol–water partition coefficient (Wildman–Crippen LogP) is 2.74. The van der Waals surface area contributed by atoms with Crippen molar-refractivity contribution in [3.8, 4) is 0 Å². The summed E-state index contributed by atoms with van der Waals surface area (Å²) in [5, 5.41) is 1.90. The Morgan fingerprint density at radius 3 is 2.12 bits per heavy atom. The molecule has 0 aromatic heterocycles. The van der Waals surface area contributed by atoms with Gasteiger partial charge in [-0.15, -0.1) is 4.99 Å². The van der Waals surface area contributed by atoms with Crippen LogP contribution in [0.5, 0.6) is 0 Å². The molecule has 0 saturated heterocycles. The Bertz CT molecular complexity index is 351. The standard InChI is InChI=1S/C11H17NO4S/c1-10(2,3)15-8(13)6-11(4,5)16-9(14)12-7-17/h6H2,1-5H3. The third-order valence-electron chi connectivity index (χ3n) is 1.49. The molecule has 6 heteroatoms. The number of ether oxygens (including phenoxy) is 2. The maximum Gasteiger partial charge on any atom is 0.443 e. The largest absolute Gasteiger partial charge is 0.460 e. The average molecular weight is 259 g/mol. The van der Waals surface area contributed by atoms with Crippen LogP contribution in [0.3, 0.4) is 0 Å². The van der Waals surface area contributed by atoms with Crippen molar-refractivity contribution in [3.05, 3.63) is 0 Å². The average Bonchev–Trinajstić information content (AvgIpc) is 1.96. The fourth-order valence-electron chi connectivity index (χ4n) is 1.06. The molecule has 0 aliphatic rings. The molecule has 0 fully saturated rings. The molecule has 0 unspecified atom stereocenters. The summed E-state index contributed by atoms with van der Waals surface area (Å²) in [6.45, 7) is 8.47. The van der Waals surface area contributed by atoms with Crippen molar-refractivity contribution in [3.63, 3.8) is 0 Å². The topological polar surface area (TPSA) is 65.0 Å². The van der Waals surface area contributed by atoms with Crippen molar-refractivity contribution in [1.82, 2.24) is 0 Å². The molecule has 0 aliphatic heterocycles. The summed E-state index contributed by atoms with van der Waals surface area (Å²) < 4.78 is 10.0. The first-order valence-electron chi connectivity index (χ1n) is 5.08. The number of esters is 1. The second kappa shape index (κ2) is 5.89. The first-order valence-corrected chi connectivity index (χ1v) is 5.49. The van der Waals surface area contributed by atoms with Gasteiger partial charge in [0.1, 0.15) is 11.2 Å². The predicted molar refractivity (Wildman–Crippen MR) is 66.0 cm³/mol. The third-order valence-corrected chi connectivity index (χ3v) is 1.58. The third kappa shape index (κ3) is 8.54. The summed E-state index contributed by atoms with van der Waals surface area (Å²) in [7, 11) is 0. The summed E-state index contributed by atoms with van der Waals surface area (Å²) in [5.74, 6) is -0.443. The minimum absolute atomic E-state index is 0.0526. The van der Waals surface area contributed by atoms with Gasteiger partial charge in [-0.3, -0.25) is 4.79 Å². The normalized spacial score (nSPS) is 11.4. The SMILES string of the molecule is CC(C)(C)OC(=O)CC(C)(C)OC(=O)N=C=S. The fourth-order valence-corrected chi connectivity index (χ4v) is 1.13. The molecule has 96 valence electrons. The van der Waals surface area contributed by atoms with E-state index >= 15 is 0 Å². The maximum absolute atomic E-state index is 11.5. The van der Waals surface area contributed by atoms with Gasteiger partial charge in [0, 0.05) is 0 Å². The van der Waals surface area contributed by atoms with Crippen LogP contribution in [0.4, 0.5) is 4.79 Å². The van der Waals surface area contributed by atoms with Gasteiger partial charge in [-0.05, 0) is 46.8 Å². The van der Waals surface area contributed by atoms with E-state index in [-0.39, 0.29) is 6.42 Å². The summed E-state index contributed by atoms with van der Waals surface area (Å²) in [5.41, 5.74) is -1.56. The highest BCUT2D eigenvalue weighted by molar-refractivity contribution is 7.78. The zero-order chi connectivity index (χ0) is 13.7. The van der Waals surface area contributed by atoms with Crippen LogP contribution in [0.25, 0.3) is 0 Å². The molecular weight excluding hydrogens is 242 g/mol. The quantitative estimate of drug-likeness (QED) is 0.443. The Labute approximate surface area is 106 Å². The van der Waals surface area contributed by atoms with Gasteiger partial charge in [0.25, 0.3) is 0 Å². The summed E-state index contributed by atoms with van der Waals surface area (Å²) in [4.78, 5) is 25.7. The number of thiocarbonyl (C=S) groups is 1. The van der Waals surface area contributed by atoms with E-state index in [1.807, 2.05) is 5.16 Å². The Hall–Kier alpha value is -1.26. The highest BCUT2D eigenvalue weighted by Crippen LogP contribution is 2.18. The van der Waals surface area contributed by atoms with Gasteiger partial charge in [0.05, 0.1) is 11.6 Å². The van der Waals surface area contributed by atoms with Crippen LogP contribution in [0.2, 0.25) is 0 Å². The van der Waals surface area contributed by atoms with Crippen LogP contribution in [-0.2, 0) is 14.3 Å². The second-order valence-electron chi connectivity index (χ2n) is 5.09. The number of amides is 1. The molecule has 0 radical (unpaired) electrons. The minimum Gasteiger partial charge on any atom is -0.460 e. The van der Waals surface area contributed by atoms with Gasteiger partial charge in [0.2, 0.25) is 0 Å². The number of nitrogens with zero attached hydrogens (tertiary/aromatic N) is 1. The monoisotopic (exact) mass is 259 g/mol. The molecule has 0 spiro atoms. The van der Waals surface area contributed by atoms with Crippen molar-refractivity contribution in [2.45, 2.75) is 52.2 Å². The lowest BCUT2D eigenvalue weighted by Gasteiger charge is -2.25. The summed E-state index contributed by atoms with van der Waals surface area (Å²) in [6, 6.07) is 0. The second-order valence-corrected chi connectivity index (χ2v) is 5.28. The smallest absolute Gasteiger partial charge is 0.443 e. The molecule has 0 aromatic carbocycles. The number of carbonyl (C=O) groups excluding carboxylic acids is 2. The molecule has 0 atom stereocenters. The van der Waals surface area contributed by atoms with Crippen LogP contribution >= 0.6 is 12.2 Å². The van der Waals surface area contributed by atoms with Crippen molar-refractivity contribution in [1.29, 1.82) is 0 Å². The Balaban J connectivity index is 4.39. The van der Waals surface area contributed by atoms with Gasteiger partial charge >= 0.3 is 12.1 Å². The Morgan fingerprint density at radius 2 is 1.71 bits per heavy atom. The number of carbonyl (C=O) groups is 2. The number of hydrogen-bond acceptors (Lipinski definition) is 5. The molecule has 0 bridgehead atoms. The molecule has 0 saturated carbocycles.